The van der Waals surface area contributed by atoms with Crippen molar-refractivity contribution < 1.29 is 9.59 Å². The highest BCUT2D eigenvalue weighted by molar-refractivity contribution is 5.95. The van der Waals surface area contributed by atoms with E-state index < -0.39 is 0 Å². The Bertz CT molecular complexity index is 889. The summed E-state index contributed by atoms with van der Waals surface area (Å²) >= 11 is 0. The molecule has 0 bridgehead atoms. The van der Waals surface area contributed by atoms with E-state index in [1.807, 2.05) is 38.1 Å². The molecule has 1 fully saturated rings. The number of anilines is 1. The van der Waals surface area contributed by atoms with Crippen LogP contribution in [0.25, 0.3) is 0 Å². The van der Waals surface area contributed by atoms with E-state index in [4.69, 9.17) is 0 Å². The molecule has 1 aliphatic rings. The van der Waals surface area contributed by atoms with Crippen LogP contribution in [0.2, 0.25) is 0 Å². The molecule has 0 aromatic heterocycles. The number of rotatable bonds is 7. The van der Waals surface area contributed by atoms with E-state index in [1.54, 1.807) is 7.05 Å². The van der Waals surface area contributed by atoms with E-state index in [2.05, 4.69) is 46.3 Å². The minimum absolute atomic E-state index is 0.0220. The van der Waals surface area contributed by atoms with Crippen LogP contribution < -0.4 is 5.32 Å². The van der Waals surface area contributed by atoms with Gasteiger partial charge in [-0.05, 0) is 38.5 Å². The van der Waals surface area contributed by atoms with Crippen LogP contribution in [0.1, 0.15) is 23.6 Å². The molecule has 1 heterocycles. The molecule has 0 unspecified atom stereocenters. The van der Waals surface area contributed by atoms with E-state index in [1.165, 1.54) is 16.0 Å². The normalized spacial score (nSPS) is 16.0. The summed E-state index contributed by atoms with van der Waals surface area (Å²) in [7, 11) is 1.70. The molecule has 2 aromatic carbocycles. The first-order chi connectivity index (χ1) is 14.8. The van der Waals surface area contributed by atoms with Crippen LogP contribution in [0, 0.1) is 13.8 Å². The third-order valence-corrected chi connectivity index (χ3v) is 5.89. The Labute approximate surface area is 185 Å². The number of nitrogens with one attached hydrogen (secondary N) is 1. The smallest absolute Gasteiger partial charge is 0.243 e. The molecular weight excluding hydrogens is 388 g/mol. The molecule has 1 saturated heterocycles. The molecule has 0 spiro atoms. The number of likely N-dealkylation sites (N-methyl/N-ethyl adjacent to an activating group) is 1. The van der Waals surface area contributed by atoms with E-state index in [9.17, 15) is 9.59 Å². The minimum Gasteiger partial charge on any atom is -0.335 e. The lowest BCUT2D eigenvalue weighted by atomic mass is 10.1. The van der Waals surface area contributed by atoms with Crippen LogP contribution in [0.3, 0.4) is 0 Å². The zero-order valence-corrected chi connectivity index (χ0v) is 19.1. The van der Waals surface area contributed by atoms with Gasteiger partial charge in [-0.1, -0.05) is 47.5 Å². The van der Waals surface area contributed by atoms with E-state index in [-0.39, 0.29) is 24.4 Å². The minimum atomic E-state index is -0.238. The van der Waals surface area contributed by atoms with Gasteiger partial charge in [-0.3, -0.25) is 19.4 Å². The van der Waals surface area contributed by atoms with Gasteiger partial charge in [0.2, 0.25) is 11.8 Å². The Balaban J connectivity index is 1.45. The topological polar surface area (TPSA) is 55.9 Å². The summed E-state index contributed by atoms with van der Waals surface area (Å²) in [5.41, 5.74) is 4.49. The molecule has 2 aromatic rings. The molecule has 1 aliphatic heterocycles. The van der Waals surface area contributed by atoms with Gasteiger partial charge in [0, 0.05) is 45.5 Å². The Morgan fingerprint density at radius 1 is 1.00 bits per heavy atom. The van der Waals surface area contributed by atoms with Gasteiger partial charge >= 0.3 is 0 Å². The van der Waals surface area contributed by atoms with Crippen LogP contribution in [-0.2, 0) is 16.1 Å². The third kappa shape index (κ3) is 6.64. The monoisotopic (exact) mass is 422 g/mol. The molecule has 31 heavy (non-hydrogen) atoms. The van der Waals surface area contributed by atoms with E-state index >= 15 is 0 Å². The van der Waals surface area contributed by atoms with Crippen LogP contribution >= 0.6 is 0 Å². The number of benzene rings is 2. The highest BCUT2D eigenvalue weighted by atomic mass is 16.2. The zero-order chi connectivity index (χ0) is 22.4. The first-order valence-corrected chi connectivity index (χ1v) is 11.0. The maximum atomic E-state index is 12.9. The molecular formula is C25H34N4O2. The standard InChI is InChI=1S/C25H34N4O2/c1-19-8-10-23(11-9-19)26-24(30)18-27(4)25(31)21(3)29-14-12-28(13-15-29)17-22-7-5-6-20(2)16-22/h5-11,16,21H,12-15,17-18H2,1-4H3,(H,26,30)/t21-/m1/s1. The molecule has 0 radical (unpaired) electrons. The second-order valence-corrected chi connectivity index (χ2v) is 8.59. The van der Waals surface area contributed by atoms with Crippen LogP contribution in [0.4, 0.5) is 5.69 Å². The maximum Gasteiger partial charge on any atom is 0.243 e. The van der Waals surface area contributed by atoms with Crippen molar-refractivity contribution in [3.63, 3.8) is 0 Å². The summed E-state index contributed by atoms with van der Waals surface area (Å²) in [6.07, 6.45) is 0. The molecule has 6 heteroatoms. The average molecular weight is 423 g/mol. The molecule has 0 saturated carbocycles. The van der Waals surface area contributed by atoms with Gasteiger partial charge < -0.3 is 10.2 Å². The molecule has 6 nitrogen and oxygen atoms in total. The summed E-state index contributed by atoms with van der Waals surface area (Å²) in [6.45, 7) is 10.6. The van der Waals surface area contributed by atoms with Crippen molar-refractivity contribution in [2.24, 2.45) is 0 Å². The maximum absolute atomic E-state index is 12.9. The quantitative estimate of drug-likeness (QED) is 0.746. The number of piperazine rings is 1. The number of aryl methyl sites for hydroxylation is 2. The highest BCUT2D eigenvalue weighted by Crippen LogP contribution is 2.13. The van der Waals surface area contributed by atoms with Crippen molar-refractivity contribution in [2.75, 3.05) is 45.1 Å². The summed E-state index contributed by atoms with van der Waals surface area (Å²) in [6, 6.07) is 16.0. The van der Waals surface area contributed by atoms with Gasteiger partial charge in [-0.25, -0.2) is 0 Å². The summed E-state index contributed by atoms with van der Waals surface area (Å²) in [4.78, 5) is 31.4. The molecule has 1 atom stereocenters. The Morgan fingerprint density at radius 2 is 1.68 bits per heavy atom. The van der Waals surface area contributed by atoms with E-state index in [0.717, 1.165) is 44.0 Å². The number of hydrogen-bond donors (Lipinski definition) is 1. The van der Waals surface area contributed by atoms with Gasteiger partial charge in [-0.2, -0.15) is 0 Å². The molecule has 2 amide bonds. The average Bonchev–Trinajstić information content (AvgIpc) is 2.75. The largest absolute Gasteiger partial charge is 0.335 e. The fourth-order valence-electron chi connectivity index (χ4n) is 3.98. The van der Waals surface area contributed by atoms with Crippen molar-refractivity contribution >= 4 is 17.5 Å². The Hall–Kier alpha value is -2.70. The lowest BCUT2D eigenvalue weighted by molar-refractivity contribution is -0.138. The predicted octanol–water partition coefficient (Wildman–Crippen LogP) is 2.91. The van der Waals surface area contributed by atoms with Crippen LogP contribution in [-0.4, -0.2) is 72.3 Å². The molecule has 1 N–H and O–H groups in total. The van der Waals surface area contributed by atoms with Crippen molar-refractivity contribution in [3.05, 3.63) is 65.2 Å². The summed E-state index contributed by atoms with van der Waals surface area (Å²) in [5, 5.41) is 2.85. The SMILES string of the molecule is Cc1ccc(NC(=O)CN(C)C(=O)[C@@H](C)N2CCN(Cc3cccc(C)c3)CC2)cc1. The first kappa shape index (κ1) is 23.0. The third-order valence-electron chi connectivity index (χ3n) is 5.89. The summed E-state index contributed by atoms with van der Waals surface area (Å²) in [5.74, 6) is -0.207. The lowest BCUT2D eigenvalue weighted by Gasteiger charge is -2.38. The number of nitrogens with zero attached hydrogens (tertiary/aromatic N) is 3. The van der Waals surface area contributed by atoms with Crippen molar-refractivity contribution in [1.82, 2.24) is 14.7 Å². The van der Waals surface area contributed by atoms with Gasteiger partial charge in [0.1, 0.15) is 0 Å². The van der Waals surface area contributed by atoms with Crippen LogP contribution in [0.15, 0.2) is 48.5 Å². The fraction of sp³-hybridized carbons (Fsp3) is 0.440. The van der Waals surface area contributed by atoms with Crippen LogP contribution in [0.5, 0.6) is 0 Å². The molecule has 0 aliphatic carbocycles. The van der Waals surface area contributed by atoms with Gasteiger partial charge in [0.15, 0.2) is 0 Å². The Kier molecular flexibility index (Phi) is 7.82. The second-order valence-electron chi connectivity index (χ2n) is 8.59. The van der Waals surface area contributed by atoms with Crippen molar-refractivity contribution in [3.8, 4) is 0 Å². The predicted molar refractivity (Wildman–Crippen MR) is 125 cm³/mol. The number of hydrogen-bond acceptors (Lipinski definition) is 4. The fourth-order valence-corrected chi connectivity index (χ4v) is 3.98. The van der Waals surface area contributed by atoms with Gasteiger partial charge in [-0.15, -0.1) is 0 Å². The lowest BCUT2D eigenvalue weighted by Crippen LogP contribution is -2.54. The van der Waals surface area contributed by atoms with Crippen molar-refractivity contribution in [1.29, 1.82) is 0 Å². The highest BCUT2D eigenvalue weighted by Gasteiger charge is 2.28. The Morgan fingerprint density at radius 3 is 2.32 bits per heavy atom. The second kappa shape index (κ2) is 10.6. The van der Waals surface area contributed by atoms with E-state index in [0.29, 0.717) is 0 Å². The summed E-state index contributed by atoms with van der Waals surface area (Å²) < 4.78 is 0. The number of carbonyl (C=O) groups excluding carboxylic acids is 2. The van der Waals surface area contributed by atoms with Crippen molar-refractivity contribution in [2.45, 2.75) is 33.4 Å². The molecule has 166 valence electrons. The van der Waals surface area contributed by atoms with Gasteiger partial charge in [0.05, 0.1) is 12.6 Å². The van der Waals surface area contributed by atoms with Gasteiger partial charge in [0.25, 0.3) is 0 Å². The zero-order valence-electron chi connectivity index (χ0n) is 19.1. The molecule has 3 rings (SSSR count). The number of amides is 2. The number of carbonyl (C=O) groups is 2. The first-order valence-electron chi connectivity index (χ1n) is 11.0.